The van der Waals surface area contributed by atoms with Gasteiger partial charge < -0.3 is 15.4 Å². The highest BCUT2D eigenvalue weighted by Crippen LogP contribution is 2.34. The van der Waals surface area contributed by atoms with E-state index in [0.717, 1.165) is 63.1 Å². The van der Waals surface area contributed by atoms with E-state index in [0.29, 0.717) is 31.2 Å². The third-order valence-corrected chi connectivity index (χ3v) is 9.30. The van der Waals surface area contributed by atoms with Crippen molar-refractivity contribution in [2.45, 2.75) is 140 Å². The van der Waals surface area contributed by atoms with Gasteiger partial charge >= 0.3 is 12.0 Å². The van der Waals surface area contributed by atoms with E-state index in [1.54, 1.807) is 0 Å². The predicted molar refractivity (Wildman–Crippen MR) is 139 cm³/mol. The number of nitrogens with zero attached hydrogens (tertiary/aromatic N) is 1. The maximum absolute atomic E-state index is 12.6. The van der Waals surface area contributed by atoms with Crippen LogP contribution in [0.4, 0.5) is 4.79 Å². The summed E-state index contributed by atoms with van der Waals surface area (Å²) in [6.45, 7) is 5.79. The van der Waals surface area contributed by atoms with Crippen LogP contribution in [0.25, 0.3) is 0 Å². The van der Waals surface area contributed by atoms with Gasteiger partial charge in [0, 0.05) is 30.6 Å². The molecular formula is C28H50N4O3. The van der Waals surface area contributed by atoms with Gasteiger partial charge in [0.1, 0.15) is 0 Å². The van der Waals surface area contributed by atoms with Crippen LogP contribution in [-0.4, -0.2) is 60.4 Å². The van der Waals surface area contributed by atoms with E-state index in [2.05, 4.69) is 27.8 Å². The molecule has 4 fully saturated rings. The Bertz CT molecular complexity index is 673. The van der Waals surface area contributed by atoms with Crippen molar-refractivity contribution in [2.75, 3.05) is 13.2 Å². The maximum Gasteiger partial charge on any atom is 0.315 e. The van der Waals surface area contributed by atoms with Crippen molar-refractivity contribution in [3.63, 3.8) is 0 Å². The Hall–Kier alpha value is -1.34. The molecule has 0 aromatic carbocycles. The van der Waals surface area contributed by atoms with Crippen molar-refractivity contribution in [1.82, 2.24) is 20.9 Å². The summed E-state index contributed by atoms with van der Waals surface area (Å²) in [5.41, 5.74) is 0. The normalized spacial score (nSPS) is 35.8. The number of hydrogen-bond acceptors (Lipinski definition) is 5. The Labute approximate surface area is 212 Å². The van der Waals surface area contributed by atoms with Crippen molar-refractivity contribution in [3.8, 4) is 0 Å². The maximum atomic E-state index is 12.6. The molecule has 0 spiro atoms. The van der Waals surface area contributed by atoms with Gasteiger partial charge in [-0.25, -0.2) is 4.79 Å². The minimum atomic E-state index is -0.0857. The highest BCUT2D eigenvalue weighted by Gasteiger charge is 2.40. The van der Waals surface area contributed by atoms with E-state index in [1.807, 2.05) is 6.92 Å². The highest BCUT2D eigenvalue weighted by atomic mass is 16.5. The molecule has 0 radical (unpaired) electrons. The Morgan fingerprint density at radius 2 is 1.46 bits per heavy atom. The van der Waals surface area contributed by atoms with Crippen molar-refractivity contribution in [3.05, 3.63) is 0 Å². The van der Waals surface area contributed by atoms with Gasteiger partial charge in [-0.1, -0.05) is 19.8 Å². The van der Waals surface area contributed by atoms with Crippen molar-refractivity contribution < 1.29 is 14.3 Å². The molecule has 1 heterocycles. The van der Waals surface area contributed by atoms with Crippen LogP contribution in [0.5, 0.6) is 0 Å². The van der Waals surface area contributed by atoms with Gasteiger partial charge in [0.25, 0.3) is 0 Å². The summed E-state index contributed by atoms with van der Waals surface area (Å²) in [4.78, 5) is 27.0. The lowest BCUT2D eigenvalue weighted by molar-refractivity contribution is -0.144. The monoisotopic (exact) mass is 490 g/mol. The Balaban J connectivity index is 1.09. The predicted octanol–water partition coefficient (Wildman–Crippen LogP) is 4.70. The van der Waals surface area contributed by atoms with Crippen LogP contribution in [0.2, 0.25) is 0 Å². The quantitative estimate of drug-likeness (QED) is 0.408. The molecule has 7 nitrogen and oxygen atoms in total. The van der Waals surface area contributed by atoms with Crippen LogP contribution in [0, 0.1) is 11.8 Å². The lowest BCUT2D eigenvalue weighted by atomic mass is 9.83. The first kappa shape index (κ1) is 26.7. The Kier molecular flexibility index (Phi) is 10.1. The third kappa shape index (κ3) is 7.58. The van der Waals surface area contributed by atoms with Crippen molar-refractivity contribution in [1.29, 1.82) is 0 Å². The molecule has 7 heteroatoms. The van der Waals surface area contributed by atoms with Crippen molar-refractivity contribution >= 4 is 12.0 Å². The second-order valence-electron chi connectivity index (χ2n) is 11.6. The number of ether oxygens (including phenoxy) is 1. The minimum absolute atomic E-state index is 0.00126. The summed E-state index contributed by atoms with van der Waals surface area (Å²) in [5.74, 6) is 1.12. The number of likely N-dealkylation sites (N-methyl/N-ethyl adjacent to an activating group) is 1. The molecule has 35 heavy (non-hydrogen) atoms. The average Bonchev–Trinajstić information content (AvgIpc) is 3.22. The summed E-state index contributed by atoms with van der Waals surface area (Å²) < 4.78 is 5.08. The molecule has 1 aliphatic heterocycles. The lowest BCUT2D eigenvalue weighted by Crippen LogP contribution is -2.48. The molecular weight excluding hydrogens is 440 g/mol. The first-order valence-corrected chi connectivity index (χ1v) is 14.8. The molecule has 3 N–H and O–H groups in total. The minimum Gasteiger partial charge on any atom is -0.466 e. The van der Waals surface area contributed by atoms with E-state index in [-0.39, 0.29) is 18.0 Å². The van der Waals surface area contributed by atoms with Crippen LogP contribution in [0.15, 0.2) is 0 Å². The smallest absolute Gasteiger partial charge is 0.315 e. The summed E-state index contributed by atoms with van der Waals surface area (Å²) >= 11 is 0. The first-order valence-electron chi connectivity index (χ1n) is 14.8. The molecule has 3 atom stereocenters. The van der Waals surface area contributed by atoms with Crippen LogP contribution in [0.1, 0.15) is 110 Å². The van der Waals surface area contributed by atoms with Crippen LogP contribution in [0.3, 0.4) is 0 Å². The van der Waals surface area contributed by atoms with E-state index in [4.69, 9.17) is 4.74 Å². The fraction of sp³-hybridized carbons (Fsp3) is 0.929. The van der Waals surface area contributed by atoms with Gasteiger partial charge in [-0.3, -0.25) is 15.0 Å². The summed E-state index contributed by atoms with van der Waals surface area (Å²) in [6.07, 6.45) is 17.7. The molecule has 2 amide bonds. The number of urea groups is 1. The third-order valence-electron chi connectivity index (χ3n) is 9.30. The second-order valence-corrected chi connectivity index (χ2v) is 11.6. The fourth-order valence-corrected chi connectivity index (χ4v) is 7.35. The molecule has 3 saturated carbocycles. The fourth-order valence-electron chi connectivity index (χ4n) is 7.35. The number of amides is 2. The van der Waals surface area contributed by atoms with Gasteiger partial charge in [-0.15, -0.1) is 0 Å². The summed E-state index contributed by atoms with van der Waals surface area (Å²) in [7, 11) is 0. The van der Waals surface area contributed by atoms with Gasteiger partial charge in [0.15, 0.2) is 0 Å². The number of hydrogen-bond donors (Lipinski definition) is 3. The second kappa shape index (κ2) is 13.3. The van der Waals surface area contributed by atoms with Crippen LogP contribution < -0.4 is 16.0 Å². The van der Waals surface area contributed by atoms with Crippen LogP contribution in [-0.2, 0) is 9.53 Å². The van der Waals surface area contributed by atoms with Crippen molar-refractivity contribution in [2.24, 2.45) is 11.8 Å². The molecule has 4 rings (SSSR count). The van der Waals surface area contributed by atoms with E-state index in [1.165, 1.54) is 51.4 Å². The number of carbonyl (C=O) groups is 2. The first-order chi connectivity index (χ1) is 17.1. The van der Waals surface area contributed by atoms with Crippen LogP contribution >= 0.6 is 0 Å². The zero-order valence-electron chi connectivity index (χ0n) is 22.2. The number of fused-ring (bicyclic) bond motifs is 1. The van der Waals surface area contributed by atoms with Gasteiger partial charge in [-0.2, -0.15) is 0 Å². The lowest BCUT2D eigenvalue weighted by Gasteiger charge is -2.33. The molecule has 0 bridgehead atoms. The standard InChI is InChI=1S/C28H50N4O3/c1-3-32-25-8-6-5-7-24(25)31-26(32)18-13-20-9-14-22(15-10-20)29-28(34)30-23-16-11-21(12-17-23)19-27(33)35-4-2/h20-26,31H,3-19H2,1-2H3,(H2,29,30,34). The Morgan fingerprint density at radius 3 is 2.09 bits per heavy atom. The van der Waals surface area contributed by atoms with E-state index < -0.39 is 0 Å². The zero-order chi connectivity index (χ0) is 24.6. The van der Waals surface area contributed by atoms with Gasteiger partial charge in [-0.05, 0) is 102 Å². The zero-order valence-corrected chi connectivity index (χ0v) is 22.2. The SMILES string of the molecule is CCOC(=O)CC1CCC(NC(=O)NC2CCC(CCC3NC4CCCCC4N3CC)CC2)CC1. The summed E-state index contributed by atoms with van der Waals surface area (Å²) in [5, 5.41) is 10.4. The van der Waals surface area contributed by atoms with E-state index >= 15 is 0 Å². The molecule has 3 unspecified atom stereocenters. The average molecular weight is 491 g/mol. The molecule has 200 valence electrons. The number of carbonyl (C=O) groups excluding carboxylic acids is 2. The highest BCUT2D eigenvalue weighted by molar-refractivity contribution is 5.74. The largest absolute Gasteiger partial charge is 0.466 e. The molecule has 4 aliphatic rings. The molecule has 0 aromatic rings. The van der Waals surface area contributed by atoms with E-state index in [9.17, 15) is 9.59 Å². The molecule has 1 saturated heterocycles. The Morgan fingerprint density at radius 1 is 0.829 bits per heavy atom. The number of nitrogens with one attached hydrogen (secondary N) is 3. The van der Waals surface area contributed by atoms with Gasteiger partial charge in [0.05, 0.1) is 12.8 Å². The number of esters is 1. The molecule has 0 aromatic heterocycles. The summed E-state index contributed by atoms with van der Waals surface area (Å²) in [6, 6.07) is 2.03. The van der Waals surface area contributed by atoms with Gasteiger partial charge in [0.2, 0.25) is 0 Å². The molecule has 3 aliphatic carbocycles. The topological polar surface area (TPSA) is 82.7 Å². The number of rotatable bonds is 9.